The summed E-state index contributed by atoms with van der Waals surface area (Å²) < 4.78 is 38.4. The monoisotopic (exact) mass is 318 g/mol. The van der Waals surface area contributed by atoms with Gasteiger partial charge in [0.25, 0.3) is 0 Å². The van der Waals surface area contributed by atoms with Crippen molar-refractivity contribution in [2.75, 3.05) is 18.0 Å². The lowest BCUT2D eigenvalue weighted by Crippen LogP contribution is -2.42. The lowest BCUT2D eigenvalue weighted by molar-refractivity contribution is -0.384. The first-order chi connectivity index (χ1) is 10.2. The predicted octanol–water partition coefficient (Wildman–Crippen LogP) is 2.57. The van der Waals surface area contributed by atoms with E-state index in [1.54, 1.807) is 4.90 Å². The second-order valence-corrected chi connectivity index (χ2v) is 5.52. The molecule has 0 aromatic carbocycles. The summed E-state index contributed by atoms with van der Waals surface area (Å²) in [6.07, 6.45) is -2.37. The minimum Gasteiger partial charge on any atom is -0.366 e. The van der Waals surface area contributed by atoms with E-state index in [9.17, 15) is 23.3 Å². The molecule has 6 nitrogen and oxygen atoms in total. The average Bonchev–Trinajstić information content (AvgIpc) is 2.45. The molecule has 0 spiro atoms. The number of nitro groups is 1. The van der Waals surface area contributed by atoms with Gasteiger partial charge in [-0.05, 0) is 31.7 Å². The Morgan fingerprint density at radius 3 is 2.77 bits per heavy atom. The van der Waals surface area contributed by atoms with Crippen LogP contribution in [-0.4, -0.2) is 29.0 Å². The highest BCUT2D eigenvalue weighted by Crippen LogP contribution is 2.36. The SMILES string of the molecule is CC(N)C1CCCN(c2cc(C(F)(F)F)ncc2[N+](=O)[O-])C1. The third kappa shape index (κ3) is 3.46. The molecule has 9 heteroatoms. The summed E-state index contributed by atoms with van der Waals surface area (Å²) >= 11 is 0. The molecule has 0 aliphatic carbocycles. The molecule has 2 N–H and O–H groups in total. The number of hydrogen-bond acceptors (Lipinski definition) is 5. The van der Waals surface area contributed by atoms with Crippen molar-refractivity contribution >= 4 is 11.4 Å². The summed E-state index contributed by atoms with van der Waals surface area (Å²) in [5.74, 6) is 0.0934. The van der Waals surface area contributed by atoms with Crippen molar-refractivity contribution in [1.29, 1.82) is 0 Å². The number of anilines is 1. The van der Waals surface area contributed by atoms with Crippen LogP contribution in [0.1, 0.15) is 25.5 Å². The summed E-state index contributed by atoms with van der Waals surface area (Å²) in [5, 5.41) is 11.1. The molecule has 0 radical (unpaired) electrons. The normalized spacial score (nSPS) is 20.8. The Balaban J connectivity index is 2.40. The van der Waals surface area contributed by atoms with E-state index in [2.05, 4.69) is 4.98 Å². The Morgan fingerprint density at radius 2 is 2.23 bits per heavy atom. The first-order valence-electron chi connectivity index (χ1n) is 6.92. The maximum Gasteiger partial charge on any atom is 0.433 e. The number of halogens is 3. The largest absolute Gasteiger partial charge is 0.433 e. The van der Waals surface area contributed by atoms with E-state index in [0.29, 0.717) is 19.3 Å². The average molecular weight is 318 g/mol. The van der Waals surface area contributed by atoms with Crippen LogP contribution in [0.25, 0.3) is 0 Å². The lowest BCUT2D eigenvalue weighted by Gasteiger charge is -2.35. The van der Waals surface area contributed by atoms with Crippen LogP contribution in [0, 0.1) is 16.0 Å². The van der Waals surface area contributed by atoms with Crippen LogP contribution in [0.15, 0.2) is 12.3 Å². The Morgan fingerprint density at radius 1 is 1.55 bits per heavy atom. The molecule has 1 aliphatic rings. The summed E-state index contributed by atoms with van der Waals surface area (Å²) in [6.45, 7) is 2.70. The van der Waals surface area contributed by atoms with E-state index >= 15 is 0 Å². The molecule has 0 amide bonds. The minimum absolute atomic E-state index is 0.0438. The van der Waals surface area contributed by atoms with Crippen LogP contribution < -0.4 is 10.6 Å². The zero-order valence-electron chi connectivity index (χ0n) is 12.0. The van der Waals surface area contributed by atoms with Crippen molar-refractivity contribution in [2.45, 2.75) is 32.0 Å². The van der Waals surface area contributed by atoms with Crippen LogP contribution >= 0.6 is 0 Å². The highest BCUT2D eigenvalue weighted by atomic mass is 19.4. The van der Waals surface area contributed by atoms with Crippen molar-refractivity contribution in [3.63, 3.8) is 0 Å². The van der Waals surface area contributed by atoms with Crippen LogP contribution in [0.3, 0.4) is 0 Å². The number of rotatable bonds is 3. The zero-order valence-corrected chi connectivity index (χ0v) is 12.0. The number of pyridine rings is 1. The number of nitrogens with zero attached hydrogens (tertiary/aromatic N) is 3. The Hall–Kier alpha value is -1.90. The van der Waals surface area contributed by atoms with Crippen LogP contribution in [0.4, 0.5) is 24.5 Å². The molecule has 2 unspecified atom stereocenters. The molecule has 1 aliphatic heterocycles. The maximum atomic E-state index is 12.8. The standard InChI is InChI=1S/C13H17F3N4O2/c1-8(17)9-3-2-4-19(7-9)10-5-12(13(14,15)16)18-6-11(10)20(21)22/h5-6,8-9H,2-4,7,17H2,1H3. The summed E-state index contributed by atoms with van der Waals surface area (Å²) in [5.41, 5.74) is 4.26. The fraction of sp³-hybridized carbons (Fsp3) is 0.615. The fourth-order valence-electron chi connectivity index (χ4n) is 2.64. The van der Waals surface area contributed by atoms with Crippen molar-refractivity contribution < 1.29 is 18.1 Å². The lowest BCUT2D eigenvalue weighted by atomic mass is 9.92. The summed E-state index contributed by atoms with van der Waals surface area (Å²) in [4.78, 5) is 15.1. The van der Waals surface area contributed by atoms with E-state index < -0.39 is 22.5 Å². The Bertz CT molecular complexity index is 563. The van der Waals surface area contributed by atoms with E-state index in [4.69, 9.17) is 5.73 Å². The topological polar surface area (TPSA) is 85.3 Å². The van der Waals surface area contributed by atoms with Gasteiger partial charge in [0.1, 0.15) is 17.6 Å². The van der Waals surface area contributed by atoms with Gasteiger partial charge in [0, 0.05) is 19.1 Å². The minimum atomic E-state index is -4.64. The molecule has 0 bridgehead atoms. The van der Waals surface area contributed by atoms with Gasteiger partial charge in [-0.3, -0.25) is 10.1 Å². The maximum absolute atomic E-state index is 12.8. The molecular formula is C13H17F3N4O2. The Labute approximate surface area is 125 Å². The predicted molar refractivity (Wildman–Crippen MR) is 74.5 cm³/mol. The molecule has 2 rings (SSSR count). The van der Waals surface area contributed by atoms with Crippen LogP contribution in [-0.2, 0) is 6.18 Å². The van der Waals surface area contributed by atoms with Crippen LogP contribution in [0.5, 0.6) is 0 Å². The molecule has 22 heavy (non-hydrogen) atoms. The molecule has 0 saturated carbocycles. The van der Waals surface area contributed by atoms with Crippen molar-refractivity contribution in [2.24, 2.45) is 11.7 Å². The van der Waals surface area contributed by atoms with Gasteiger partial charge in [0.2, 0.25) is 0 Å². The first kappa shape index (κ1) is 16.5. The molecule has 1 saturated heterocycles. The van der Waals surface area contributed by atoms with E-state index in [1.165, 1.54) is 0 Å². The molecule has 1 aromatic heterocycles. The quantitative estimate of drug-likeness (QED) is 0.684. The second-order valence-electron chi connectivity index (χ2n) is 5.52. The number of piperidine rings is 1. The van der Waals surface area contributed by atoms with Gasteiger partial charge in [-0.15, -0.1) is 0 Å². The number of nitrogens with two attached hydrogens (primary N) is 1. The van der Waals surface area contributed by atoms with E-state index in [0.717, 1.165) is 18.9 Å². The summed E-state index contributed by atoms with van der Waals surface area (Å²) in [7, 11) is 0. The van der Waals surface area contributed by atoms with Gasteiger partial charge in [-0.2, -0.15) is 13.2 Å². The van der Waals surface area contributed by atoms with Gasteiger partial charge in [-0.25, -0.2) is 4.98 Å². The molecule has 2 heterocycles. The van der Waals surface area contributed by atoms with Crippen molar-refractivity contribution in [3.05, 3.63) is 28.1 Å². The number of hydrogen-bond donors (Lipinski definition) is 1. The number of aromatic nitrogens is 1. The van der Waals surface area contributed by atoms with Gasteiger partial charge in [0.05, 0.1) is 4.92 Å². The third-order valence-electron chi connectivity index (χ3n) is 3.89. The first-order valence-corrected chi connectivity index (χ1v) is 6.92. The highest BCUT2D eigenvalue weighted by molar-refractivity contribution is 5.63. The molecular weight excluding hydrogens is 301 g/mol. The smallest absolute Gasteiger partial charge is 0.366 e. The van der Waals surface area contributed by atoms with Gasteiger partial charge in [0.15, 0.2) is 0 Å². The van der Waals surface area contributed by atoms with Gasteiger partial charge < -0.3 is 10.6 Å². The van der Waals surface area contributed by atoms with E-state index in [-0.39, 0.29) is 17.6 Å². The van der Waals surface area contributed by atoms with Gasteiger partial charge in [-0.1, -0.05) is 0 Å². The van der Waals surface area contributed by atoms with Crippen LogP contribution in [0.2, 0.25) is 0 Å². The molecule has 2 atom stereocenters. The molecule has 1 aromatic rings. The molecule has 122 valence electrons. The third-order valence-corrected chi connectivity index (χ3v) is 3.89. The zero-order chi connectivity index (χ0) is 16.5. The second kappa shape index (κ2) is 6.07. The fourth-order valence-corrected chi connectivity index (χ4v) is 2.64. The Kier molecular flexibility index (Phi) is 4.55. The number of alkyl halides is 3. The summed E-state index contributed by atoms with van der Waals surface area (Å²) in [6, 6.07) is 0.632. The van der Waals surface area contributed by atoms with Crippen molar-refractivity contribution in [1.82, 2.24) is 4.98 Å². The van der Waals surface area contributed by atoms with Gasteiger partial charge >= 0.3 is 11.9 Å². The molecule has 1 fully saturated rings. The van der Waals surface area contributed by atoms with Crippen molar-refractivity contribution in [3.8, 4) is 0 Å². The van der Waals surface area contributed by atoms with E-state index in [1.807, 2.05) is 6.92 Å². The highest BCUT2D eigenvalue weighted by Gasteiger charge is 2.36.